The van der Waals surface area contributed by atoms with Gasteiger partial charge in [-0.25, -0.2) is 14.0 Å². The third-order valence-corrected chi connectivity index (χ3v) is 5.63. The van der Waals surface area contributed by atoms with Crippen molar-refractivity contribution in [1.82, 2.24) is 5.32 Å². The van der Waals surface area contributed by atoms with Crippen molar-refractivity contribution in [2.24, 2.45) is 11.8 Å². The minimum Gasteiger partial charge on any atom is -0.480 e. The summed E-state index contributed by atoms with van der Waals surface area (Å²) in [6.07, 6.45) is 3.72. The summed E-state index contributed by atoms with van der Waals surface area (Å²) >= 11 is 6.01. The van der Waals surface area contributed by atoms with E-state index in [9.17, 15) is 14.0 Å². The van der Waals surface area contributed by atoms with Gasteiger partial charge in [-0.2, -0.15) is 0 Å². The van der Waals surface area contributed by atoms with Crippen LogP contribution < -0.4 is 10.2 Å². The number of carbonyl (C=O) groups is 2. The summed E-state index contributed by atoms with van der Waals surface area (Å²) < 4.78 is 19.1. The van der Waals surface area contributed by atoms with Gasteiger partial charge in [0.15, 0.2) is 0 Å². The lowest BCUT2D eigenvalue weighted by Crippen LogP contribution is -2.40. The molecule has 1 aliphatic carbocycles. The van der Waals surface area contributed by atoms with Crippen molar-refractivity contribution in [2.45, 2.75) is 25.7 Å². The number of ether oxygens (including phenoxy) is 1. The van der Waals surface area contributed by atoms with Crippen LogP contribution >= 0.6 is 11.6 Å². The van der Waals surface area contributed by atoms with Crippen molar-refractivity contribution < 1.29 is 23.8 Å². The molecule has 0 aromatic heterocycles. The van der Waals surface area contributed by atoms with Gasteiger partial charge in [0.25, 0.3) is 0 Å². The van der Waals surface area contributed by atoms with E-state index in [0.717, 1.165) is 25.7 Å². The maximum absolute atomic E-state index is 13.9. The fraction of sp³-hybridized carbons (Fsp3) is 0.391. The van der Waals surface area contributed by atoms with Gasteiger partial charge in [0, 0.05) is 11.6 Å². The Labute approximate surface area is 186 Å². The smallest absolute Gasteiger partial charge is 0.329 e. The van der Waals surface area contributed by atoms with E-state index in [1.165, 1.54) is 17.0 Å². The van der Waals surface area contributed by atoms with Gasteiger partial charge in [-0.15, -0.1) is 0 Å². The largest absolute Gasteiger partial charge is 0.480 e. The number of rotatable bonds is 8. The van der Waals surface area contributed by atoms with Gasteiger partial charge in [-0.3, -0.25) is 4.90 Å². The number of hydrogen-bond acceptors (Lipinski definition) is 3. The minimum absolute atomic E-state index is 0.215. The van der Waals surface area contributed by atoms with Crippen molar-refractivity contribution >= 4 is 35.0 Å². The Bertz CT molecular complexity index is 868. The molecule has 166 valence electrons. The summed E-state index contributed by atoms with van der Waals surface area (Å²) in [5, 5.41) is 11.8. The van der Waals surface area contributed by atoms with Crippen LogP contribution in [0.25, 0.3) is 0 Å². The summed E-state index contributed by atoms with van der Waals surface area (Å²) in [6, 6.07) is 12.7. The number of aliphatic carboxylic acids is 1. The van der Waals surface area contributed by atoms with Gasteiger partial charge in [0.1, 0.15) is 12.4 Å². The van der Waals surface area contributed by atoms with Crippen LogP contribution in [0.3, 0.4) is 0 Å². The first kappa shape index (κ1) is 23.0. The highest BCUT2D eigenvalue weighted by atomic mass is 35.5. The van der Waals surface area contributed by atoms with Crippen LogP contribution in [0.2, 0.25) is 5.02 Å². The molecule has 0 radical (unpaired) electrons. The van der Waals surface area contributed by atoms with E-state index in [4.69, 9.17) is 21.4 Å². The maximum atomic E-state index is 13.9. The van der Waals surface area contributed by atoms with Crippen LogP contribution in [0.5, 0.6) is 0 Å². The number of nitrogens with one attached hydrogen (secondary N) is 1. The van der Waals surface area contributed by atoms with Crippen LogP contribution in [-0.2, 0) is 9.53 Å². The quantitative estimate of drug-likeness (QED) is 0.579. The summed E-state index contributed by atoms with van der Waals surface area (Å²) in [5.74, 6) is -0.798. The van der Waals surface area contributed by atoms with Crippen molar-refractivity contribution in [3.8, 4) is 0 Å². The number of carbonyl (C=O) groups excluding carboxylic acids is 1. The van der Waals surface area contributed by atoms with Crippen molar-refractivity contribution in [3.63, 3.8) is 0 Å². The number of carboxylic acids is 1. The molecule has 31 heavy (non-hydrogen) atoms. The van der Waals surface area contributed by atoms with E-state index >= 15 is 0 Å². The first-order chi connectivity index (χ1) is 14.9. The number of para-hydroxylation sites is 1. The molecule has 3 rings (SSSR count). The number of anilines is 2. The molecule has 1 saturated carbocycles. The summed E-state index contributed by atoms with van der Waals surface area (Å²) in [7, 11) is 0. The van der Waals surface area contributed by atoms with Gasteiger partial charge < -0.3 is 15.2 Å². The lowest BCUT2D eigenvalue weighted by atomic mass is 9.82. The highest BCUT2D eigenvalue weighted by Crippen LogP contribution is 2.30. The highest BCUT2D eigenvalue weighted by molar-refractivity contribution is 6.31. The molecule has 0 heterocycles. The second kappa shape index (κ2) is 11.1. The first-order valence-electron chi connectivity index (χ1n) is 10.3. The molecular weight excluding hydrogens is 423 g/mol. The van der Waals surface area contributed by atoms with Crippen molar-refractivity contribution in [3.05, 3.63) is 59.4 Å². The van der Waals surface area contributed by atoms with E-state index in [0.29, 0.717) is 36.4 Å². The predicted octanol–water partition coefficient (Wildman–Crippen LogP) is 5.23. The molecule has 2 aromatic carbocycles. The van der Waals surface area contributed by atoms with Gasteiger partial charge in [-0.05, 0) is 67.9 Å². The predicted molar refractivity (Wildman–Crippen MR) is 117 cm³/mol. The zero-order chi connectivity index (χ0) is 22.2. The third kappa shape index (κ3) is 6.94. The van der Waals surface area contributed by atoms with Gasteiger partial charge in [0.2, 0.25) is 0 Å². The maximum Gasteiger partial charge on any atom is 0.329 e. The highest BCUT2D eigenvalue weighted by Gasteiger charge is 2.24. The molecule has 0 bridgehead atoms. The number of amides is 2. The number of carboxylic acid groups (broad SMARTS) is 1. The number of nitrogens with zero attached hydrogens (tertiary/aromatic N) is 1. The molecule has 0 atom stereocenters. The number of benzene rings is 2. The lowest BCUT2D eigenvalue weighted by Gasteiger charge is -2.29. The molecule has 0 aliphatic heterocycles. The van der Waals surface area contributed by atoms with E-state index in [2.05, 4.69) is 5.32 Å². The molecule has 2 amide bonds. The van der Waals surface area contributed by atoms with Crippen molar-refractivity contribution in [2.75, 3.05) is 24.7 Å². The third-order valence-electron chi connectivity index (χ3n) is 5.41. The normalized spacial score (nSPS) is 18.4. The molecule has 0 spiro atoms. The van der Waals surface area contributed by atoms with Crippen LogP contribution in [0, 0.1) is 17.7 Å². The molecule has 2 aromatic rings. The Morgan fingerprint density at radius 2 is 1.74 bits per heavy atom. The molecular formula is C23H26ClFN2O4. The summed E-state index contributed by atoms with van der Waals surface area (Å²) in [4.78, 5) is 25.0. The Hall–Kier alpha value is -2.64. The summed E-state index contributed by atoms with van der Waals surface area (Å²) in [6.45, 7) is 0.691. The van der Waals surface area contributed by atoms with Crippen LogP contribution in [0.1, 0.15) is 25.7 Å². The average Bonchev–Trinajstić information content (AvgIpc) is 2.73. The molecule has 0 unspecified atom stereocenters. The van der Waals surface area contributed by atoms with Gasteiger partial charge >= 0.3 is 12.0 Å². The first-order valence-corrected chi connectivity index (χ1v) is 10.7. The van der Waals surface area contributed by atoms with Gasteiger partial charge in [0.05, 0.1) is 18.0 Å². The molecule has 1 fully saturated rings. The second-order valence-electron chi connectivity index (χ2n) is 7.78. The Morgan fingerprint density at radius 3 is 2.39 bits per heavy atom. The standard InChI is InChI=1S/C23H26ClFN2O4/c24-18-10-19(25)12-21(11-18)27(20-4-2-1-3-5-20)23(30)26-13-16-6-8-17(9-7-16)14-31-15-22(28)29/h1-5,10-12,16-17H,6-9,13-15H2,(H,26,30)(H,28,29)/t16-,17-. The van der Waals surface area contributed by atoms with Crippen LogP contribution in [0.4, 0.5) is 20.6 Å². The van der Waals surface area contributed by atoms with Gasteiger partial charge in [-0.1, -0.05) is 29.8 Å². The van der Waals surface area contributed by atoms with E-state index < -0.39 is 11.8 Å². The minimum atomic E-state index is -0.959. The molecule has 1 aliphatic rings. The van der Waals surface area contributed by atoms with E-state index in [1.54, 1.807) is 18.2 Å². The zero-order valence-electron chi connectivity index (χ0n) is 17.1. The summed E-state index contributed by atoms with van der Waals surface area (Å²) in [5.41, 5.74) is 0.967. The fourth-order valence-corrected chi connectivity index (χ4v) is 4.07. The zero-order valence-corrected chi connectivity index (χ0v) is 17.9. The number of hydrogen-bond donors (Lipinski definition) is 2. The Balaban J connectivity index is 1.58. The Morgan fingerprint density at radius 1 is 1.06 bits per heavy atom. The lowest BCUT2D eigenvalue weighted by molar-refractivity contribution is -0.142. The van der Waals surface area contributed by atoms with Crippen LogP contribution in [0.15, 0.2) is 48.5 Å². The molecule has 2 N–H and O–H groups in total. The molecule has 8 heteroatoms. The van der Waals surface area contributed by atoms with Crippen molar-refractivity contribution in [1.29, 1.82) is 0 Å². The monoisotopic (exact) mass is 448 g/mol. The molecule has 0 saturated heterocycles. The topological polar surface area (TPSA) is 78.9 Å². The second-order valence-corrected chi connectivity index (χ2v) is 8.22. The fourth-order valence-electron chi connectivity index (χ4n) is 3.85. The van der Waals surface area contributed by atoms with E-state index in [1.807, 2.05) is 18.2 Å². The average molecular weight is 449 g/mol. The number of halogens is 2. The Kier molecular flexibility index (Phi) is 8.26. The SMILES string of the molecule is O=C(O)COC[C@H]1CC[C@H](CNC(=O)N(c2ccccc2)c2cc(F)cc(Cl)c2)CC1. The molecule has 6 nitrogen and oxygen atoms in total. The number of urea groups is 1. The van der Waals surface area contributed by atoms with Crippen LogP contribution in [-0.4, -0.2) is 36.9 Å². The van der Waals surface area contributed by atoms with E-state index in [-0.39, 0.29) is 17.7 Å².